The Hall–Kier alpha value is -2.87. The number of aryl methyl sites for hydroxylation is 1. The molecular weight excluding hydrogens is 400 g/mol. The minimum absolute atomic E-state index is 0.00985. The summed E-state index contributed by atoms with van der Waals surface area (Å²) in [6, 6.07) is 9.53. The molecule has 0 radical (unpaired) electrons. The molecule has 1 saturated heterocycles. The average molecular weight is 425 g/mol. The van der Waals surface area contributed by atoms with Crippen molar-refractivity contribution in [3.63, 3.8) is 0 Å². The van der Waals surface area contributed by atoms with Crippen LogP contribution in [0.4, 0.5) is 8.78 Å². The van der Waals surface area contributed by atoms with E-state index in [0.717, 1.165) is 27.9 Å². The molecule has 8 heteroatoms. The molecule has 0 bridgehead atoms. The summed E-state index contributed by atoms with van der Waals surface area (Å²) in [5, 5.41) is 4.21. The van der Waals surface area contributed by atoms with Gasteiger partial charge >= 0.3 is 0 Å². The average Bonchev–Trinajstić information content (AvgIpc) is 3.20. The summed E-state index contributed by atoms with van der Waals surface area (Å²) in [7, 11) is 0. The van der Waals surface area contributed by atoms with Gasteiger partial charge in [0, 0.05) is 50.3 Å². The molecular formula is C23H25F2N5O. The molecule has 2 fully saturated rings. The van der Waals surface area contributed by atoms with Crippen molar-refractivity contribution >= 4 is 11.4 Å². The van der Waals surface area contributed by atoms with E-state index in [9.17, 15) is 13.6 Å². The second-order valence-corrected chi connectivity index (χ2v) is 8.68. The van der Waals surface area contributed by atoms with E-state index >= 15 is 0 Å². The molecule has 5 rings (SSSR count). The van der Waals surface area contributed by atoms with Gasteiger partial charge in [0.05, 0.1) is 17.3 Å². The predicted octanol–water partition coefficient (Wildman–Crippen LogP) is 3.54. The summed E-state index contributed by atoms with van der Waals surface area (Å²) in [4.78, 5) is 21.2. The number of hydrogen-bond donors (Lipinski definition) is 0. The maximum absolute atomic E-state index is 13.3. The van der Waals surface area contributed by atoms with Crippen molar-refractivity contribution < 1.29 is 13.6 Å². The van der Waals surface area contributed by atoms with Crippen molar-refractivity contribution in [3.8, 4) is 11.3 Å². The van der Waals surface area contributed by atoms with Crippen molar-refractivity contribution in [2.75, 3.05) is 13.1 Å². The van der Waals surface area contributed by atoms with Crippen LogP contribution < -0.4 is 0 Å². The van der Waals surface area contributed by atoms with E-state index in [2.05, 4.69) is 16.1 Å². The topological polar surface area (TPSA) is 53.7 Å². The Morgan fingerprint density at radius 2 is 2.00 bits per heavy atom. The summed E-state index contributed by atoms with van der Waals surface area (Å²) in [5.41, 5.74) is 4.97. The number of carbonyl (C=O) groups is 1. The van der Waals surface area contributed by atoms with Gasteiger partial charge in [0.2, 0.25) is 5.91 Å². The first-order valence-corrected chi connectivity index (χ1v) is 10.6. The maximum Gasteiger partial charge on any atom is 0.251 e. The molecule has 1 aliphatic carbocycles. The third kappa shape index (κ3) is 3.59. The smallest absolute Gasteiger partial charge is 0.251 e. The van der Waals surface area contributed by atoms with Crippen LogP contribution in [0, 0.1) is 6.92 Å². The van der Waals surface area contributed by atoms with Crippen molar-refractivity contribution in [3.05, 3.63) is 54.0 Å². The minimum Gasteiger partial charge on any atom is -0.336 e. The number of carbonyl (C=O) groups excluding carboxylic acids is 1. The second kappa shape index (κ2) is 7.37. The van der Waals surface area contributed by atoms with Gasteiger partial charge in [0.15, 0.2) is 0 Å². The fraction of sp³-hybridized carbons (Fsp3) is 0.435. The van der Waals surface area contributed by atoms with Crippen LogP contribution in [0.2, 0.25) is 0 Å². The van der Waals surface area contributed by atoms with Crippen LogP contribution in [0.5, 0.6) is 0 Å². The Balaban J connectivity index is 1.31. The molecule has 2 aliphatic rings. The lowest BCUT2D eigenvalue weighted by Crippen LogP contribution is -2.62. The van der Waals surface area contributed by atoms with Crippen LogP contribution in [-0.2, 0) is 11.3 Å². The lowest BCUT2D eigenvalue weighted by Gasteiger charge is -2.48. The number of rotatable bonds is 4. The van der Waals surface area contributed by atoms with Crippen molar-refractivity contribution in [1.82, 2.24) is 24.4 Å². The van der Waals surface area contributed by atoms with Gasteiger partial charge in [-0.2, -0.15) is 5.10 Å². The predicted molar refractivity (Wildman–Crippen MR) is 113 cm³/mol. The van der Waals surface area contributed by atoms with E-state index in [-0.39, 0.29) is 30.8 Å². The monoisotopic (exact) mass is 425 g/mol. The van der Waals surface area contributed by atoms with Crippen LogP contribution in [0.15, 0.2) is 42.9 Å². The summed E-state index contributed by atoms with van der Waals surface area (Å²) < 4.78 is 28.3. The zero-order chi connectivity index (χ0) is 21.8. The zero-order valence-electron chi connectivity index (χ0n) is 17.6. The number of hydrogen-bond acceptors (Lipinski definition) is 4. The standard InChI is InChI=1S/C23H25F2N5O/c1-15-10-17(21-20-4-3-7-30(20)27-14-26-21)5-6-18(15)13-28-8-9-29(16(2)22(28)31)19-11-23(24,25)12-19/h3-7,10,14,16,19H,8-9,11-13H2,1-2H3. The molecule has 1 unspecified atom stereocenters. The van der Waals surface area contributed by atoms with Gasteiger partial charge in [-0.05, 0) is 43.2 Å². The summed E-state index contributed by atoms with van der Waals surface area (Å²) in [6.45, 7) is 5.59. The number of aromatic nitrogens is 3. The first kappa shape index (κ1) is 20.1. The Bertz CT molecular complexity index is 1140. The third-order valence-electron chi connectivity index (χ3n) is 6.64. The second-order valence-electron chi connectivity index (χ2n) is 8.68. The highest BCUT2D eigenvalue weighted by molar-refractivity contribution is 5.82. The molecule has 1 aliphatic heterocycles. The van der Waals surface area contributed by atoms with Crippen LogP contribution in [0.25, 0.3) is 16.8 Å². The van der Waals surface area contributed by atoms with Gasteiger partial charge in [0.25, 0.3) is 5.92 Å². The Kier molecular flexibility index (Phi) is 4.77. The Morgan fingerprint density at radius 3 is 2.74 bits per heavy atom. The SMILES string of the molecule is Cc1cc(-c2ncnn3cccc23)ccc1CN1CCN(C2CC(F)(F)C2)C(C)C1=O. The number of fused-ring (bicyclic) bond motifs is 1. The van der Waals surface area contributed by atoms with Crippen LogP contribution in [0.3, 0.4) is 0 Å². The Labute approximate surface area is 179 Å². The number of halogens is 2. The number of amides is 1. The lowest BCUT2D eigenvalue weighted by molar-refractivity contribution is -0.160. The van der Waals surface area contributed by atoms with E-state index < -0.39 is 5.92 Å². The molecule has 1 atom stereocenters. The molecule has 0 N–H and O–H groups in total. The number of piperazine rings is 1. The molecule has 2 aromatic heterocycles. The molecule has 3 heterocycles. The van der Waals surface area contributed by atoms with Gasteiger partial charge in [-0.25, -0.2) is 18.3 Å². The van der Waals surface area contributed by atoms with E-state index in [1.807, 2.05) is 54.1 Å². The van der Waals surface area contributed by atoms with Crippen molar-refractivity contribution in [2.45, 2.75) is 51.2 Å². The Morgan fingerprint density at radius 1 is 1.19 bits per heavy atom. The summed E-state index contributed by atoms with van der Waals surface area (Å²) >= 11 is 0. The highest BCUT2D eigenvalue weighted by Crippen LogP contribution is 2.41. The highest BCUT2D eigenvalue weighted by atomic mass is 19.3. The number of benzene rings is 1. The third-order valence-corrected chi connectivity index (χ3v) is 6.64. The molecule has 1 aromatic carbocycles. The van der Waals surface area contributed by atoms with Crippen LogP contribution in [0.1, 0.15) is 30.9 Å². The quantitative estimate of drug-likeness (QED) is 0.642. The van der Waals surface area contributed by atoms with Crippen molar-refractivity contribution in [2.24, 2.45) is 0 Å². The molecule has 6 nitrogen and oxygen atoms in total. The van der Waals surface area contributed by atoms with Gasteiger partial charge in [-0.1, -0.05) is 12.1 Å². The maximum atomic E-state index is 13.3. The summed E-state index contributed by atoms with van der Waals surface area (Å²) in [5.74, 6) is -2.56. The summed E-state index contributed by atoms with van der Waals surface area (Å²) in [6.07, 6.45) is 3.16. The van der Waals surface area contributed by atoms with Crippen LogP contribution >= 0.6 is 0 Å². The molecule has 31 heavy (non-hydrogen) atoms. The lowest BCUT2D eigenvalue weighted by atomic mass is 9.85. The number of alkyl halides is 2. The van der Waals surface area contributed by atoms with Gasteiger partial charge in [-0.15, -0.1) is 0 Å². The van der Waals surface area contributed by atoms with E-state index in [0.29, 0.717) is 19.6 Å². The molecule has 1 amide bonds. The molecule has 0 spiro atoms. The highest BCUT2D eigenvalue weighted by Gasteiger charge is 2.50. The van der Waals surface area contributed by atoms with E-state index in [4.69, 9.17) is 0 Å². The largest absolute Gasteiger partial charge is 0.336 e. The van der Waals surface area contributed by atoms with E-state index in [1.165, 1.54) is 0 Å². The minimum atomic E-state index is -2.57. The fourth-order valence-corrected chi connectivity index (χ4v) is 4.78. The molecule has 3 aromatic rings. The number of nitrogens with zero attached hydrogens (tertiary/aromatic N) is 5. The first-order valence-electron chi connectivity index (χ1n) is 10.6. The van der Waals surface area contributed by atoms with Gasteiger partial charge in [0.1, 0.15) is 6.33 Å². The fourth-order valence-electron chi connectivity index (χ4n) is 4.78. The zero-order valence-corrected chi connectivity index (χ0v) is 17.6. The van der Waals surface area contributed by atoms with Gasteiger partial charge in [-0.3, -0.25) is 9.69 Å². The molecule has 162 valence electrons. The first-order chi connectivity index (χ1) is 14.8. The van der Waals surface area contributed by atoms with Crippen molar-refractivity contribution in [1.29, 1.82) is 0 Å². The van der Waals surface area contributed by atoms with E-state index in [1.54, 1.807) is 10.8 Å². The van der Waals surface area contributed by atoms with Gasteiger partial charge < -0.3 is 4.90 Å². The van der Waals surface area contributed by atoms with Crippen LogP contribution in [-0.4, -0.2) is 61.4 Å². The normalized spacial score (nSPS) is 22.1. The molecule has 1 saturated carbocycles.